The summed E-state index contributed by atoms with van der Waals surface area (Å²) in [7, 11) is 1.96. The molecule has 0 aliphatic heterocycles. The molecule has 1 fully saturated rings. The fourth-order valence-electron chi connectivity index (χ4n) is 2.52. The van der Waals surface area contributed by atoms with E-state index in [4.69, 9.17) is 0 Å². The molecule has 0 spiro atoms. The van der Waals surface area contributed by atoms with Crippen molar-refractivity contribution in [1.82, 2.24) is 9.88 Å². The van der Waals surface area contributed by atoms with Crippen LogP contribution in [0.3, 0.4) is 0 Å². The molecule has 1 saturated carbocycles. The summed E-state index contributed by atoms with van der Waals surface area (Å²) in [6.45, 7) is 3.98. The maximum atomic E-state index is 12.4. The van der Waals surface area contributed by atoms with Gasteiger partial charge in [0.25, 0.3) is 0 Å². The van der Waals surface area contributed by atoms with E-state index < -0.39 is 0 Å². The zero-order chi connectivity index (χ0) is 13.8. The van der Waals surface area contributed by atoms with Crippen LogP contribution in [0.4, 0.5) is 0 Å². The third-order valence-electron chi connectivity index (χ3n) is 3.69. The zero-order valence-corrected chi connectivity index (χ0v) is 13.5. The van der Waals surface area contributed by atoms with E-state index in [-0.39, 0.29) is 11.2 Å². The molecule has 0 N–H and O–H groups in total. The van der Waals surface area contributed by atoms with Gasteiger partial charge < -0.3 is 4.90 Å². The lowest BCUT2D eigenvalue weighted by atomic mass is 9.94. The highest BCUT2D eigenvalue weighted by Gasteiger charge is 2.26. The van der Waals surface area contributed by atoms with Gasteiger partial charge in [-0.05, 0) is 26.7 Å². The summed E-state index contributed by atoms with van der Waals surface area (Å²) < 4.78 is 0.996. The summed E-state index contributed by atoms with van der Waals surface area (Å²) in [5.74, 6) is 0.241. The topological polar surface area (TPSA) is 33.2 Å². The highest BCUT2D eigenvalue weighted by Crippen LogP contribution is 2.29. The van der Waals surface area contributed by atoms with Gasteiger partial charge in [-0.1, -0.05) is 31.0 Å². The van der Waals surface area contributed by atoms with Crippen molar-refractivity contribution < 1.29 is 4.79 Å². The third-order valence-corrected chi connectivity index (χ3v) is 5.87. The second-order valence-electron chi connectivity index (χ2n) is 5.26. The summed E-state index contributed by atoms with van der Waals surface area (Å²) in [5, 5.41) is 1.99. The highest BCUT2D eigenvalue weighted by atomic mass is 32.2. The summed E-state index contributed by atoms with van der Waals surface area (Å²) in [6, 6.07) is 0.447. The minimum absolute atomic E-state index is 0.0440. The lowest BCUT2D eigenvalue weighted by Crippen LogP contribution is -2.42. The van der Waals surface area contributed by atoms with Crippen molar-refractivity contribution in [2.24, 2.45) is 0 Å². The SMILES string of the molecule is Cc1csc(SC(C)C(=O)N(C)C2CCCCC2)n1. The average molecular weight is 298 g/mol. The second-order valence-corrected chi connectivity index (χ2v) is 7.70. The van der Waals surface area contributed by atoms with E-state index in [1.54, 1.807) is 23.1 Å². The number of hydrogen-bond acceptors (Lipinski definition) is 4. The van der Waals surface area contributed by atoms with Gasteiger partial charge in [0, 0.05) is 24.2 Å². The number of nitrogens with zero attached hydrogens (tertiary/aromatic N) is 2. The molecular weight excluding hydrogens is 276 g/mol. The molecule has 2 rings (SSSR count). The summed E-state index contributed by atoms with van der Waals surface area (Å²) in [6.07, 6.45) is 6.16. The smallest absolute Gasteiger partial charge is 0.235 e. The minimum atomic E-state index is -0.0440. The van der Waals surface area contributed by atoms with Gasteiger partial charge in [0.2, 0.25) is 5.91 Å². The van der Waals surface area contributed by atoms with Crippen LogP contribution in [-0.4, -0.2) is 34.1 Å². The molecule has 1 aromatic heterocycles. The van der Waals surface area contributed by atoms with Gasteiger partial charge in [-0.25, -0.2) is 4.98 Å². The first kappa shape index (κ1) is 14.9. The number of aromatic nitrogens is 1. The number of aryl methyl sites for hydroxylation is 1. The molecule has 5 heteroatoms. The predicted molar refractivity (Wildman–Crippen MR) is 81.8 cm³/mol. The molecule has 106 valence electrons. The maximum Gasteiger partial charge on any atom is 0.235 e. The van der Waals surface area contributed by atoms with Gasteiger partial charge in [0.1, 0.15) is 0 Å². The number of amides is 1. The van der Waals surface area contributed by atoms with E-state index in [9.17, 15) is 4.79 Å². The number of thiazole rings is 1. The number of thioether (sulfide) groups is 1. The Labute approximate surface area is 123 Å². The van der Waals surface area contributed by atoms with Crippen LogP contribution in [0.1, 0.15) is 44.7 Å². The molecule has 1 aliphatic carbocycles. The Kier molecular flexibility index (Phi) is 5.28. The minimum Gasteiger partial charge on any atom is -0.342 e. The second kappa shape index (κ2) is 6.75. The van der Waals surface area contributed by atoms with Gasteiger partial charge in [0.15, 0.2) is 4.34 Å². The first-order chi connectivity index (χ1) is 9.08. The third kappa shape index (κ3) is 3.96. The molecule has 1 aromatic rings. The summed E-state index contributed by atoms with van der Waals surface area (Å²) >= 11 is 3.20. The Morgan fingerprint density at radius 3 is 2.74 bits per heavy atom. The maximum absolute atomic E-state index is 12.4. The average Bonchev–Trinajstić information content (AvgIpc) is 2.83. The first-order valence-corrected chi connectivity index (χ1v) is 8.69. The number of hydrogen-bond donors (Lipinski definition) is 0. The zero-order valence-electron chi connectivity index (χ0n) is 11.9. The predicted octanol–water partition coefficient (Wildman–Crippen LogP) is 3.72. The van der Waals surface area contributed by atoms with Crippen molar-refractivity contribution in [2.45, 2.75) is 61.6 Å². The van der Waals surface area contributed by atoms with E-state index >= 15 is 0 Å². The van der Waals surface area contributed by atoms with Crippen LogP contribution in [0.5, 0.6) is 0 Å². The molecule has 19 heavy (non-hydrogen) atoms. The van der Waals surface area contributed by atoms with Crippen LogP contribution in [0, 0.1) is 6.92 Å². The Bertz CT molecular complexity index is 427. The number of carbonyl (C=O) groups is 1. The van der Waals surface area contributed by atoms with Gasteiger partial charge in [-0.15, -0.1) is 11.3 Å². The lowest BCUT2D eigenvalue weighted by molar-refractivity contribution is -0.131. The molecule has 1 heterocycles. The van der Waals surface area contributed by atoms with Crippen molar-refractivity contribution >= 4 is 29.0 Å². The van der Waals surface area contributed by atoms with E-state index in [2.05, 4.69) is 4.98 Å². The van der Waals surface area contributed by atoms with Crippen molar-refractivity contribution in [1.29, 1.82) is 0 Å². The molecule has 1 unspecified atom stereocenters. The molecule has 0 radical (unpaired) electrons. The van der Waals surface area contributed by atoms with Crippen LogP contribution >= 0.6 is 23.1 Å². The fraction of sp³-hybridized carbons (Fsp3) is 0.714. The molecule has 0 aromatic carbocycles. The van der Waals surface area contributed by atoms with Crippen LogP contribution < -0.4 is 0 Å². The van der Waals surface area contributed by atoms with E-state index in [0.29, 0.717) is 6.04 Å². The van der Waals surface area contributed by atoms with Crippen molar-refractivity contribution in [3.8, 4) is 0 Å². The van der Waals surface area contributed by atoms with Crippen LogP contribution in [0.15, 0.2) is 9.72 Å². The lowest BCUT2D eigenvalue weighted by Gasteiger charge is -2.32. The monoisotopic (exact) mass is 298 g/mol. The van der Waals surface area contributed by atoms with Gasteiger partial charge in [-0.3, -0.25) is 4.79 Å². The first-order valence-electron chi connectivity index (χ1n) is 6.93. The van der Waals surface area contributed by atoms with Crippen LogP contribution in [0.2, 0.25) is 0 Å². The standard InChI is InChI=1S/C14H22N2OS2/c1-10-9-18-14(15-10)19-11(2)13(17)16(3)12-7-5-4-6-8-12/h9,11-12H,4-8H2,1-3H3. The molecule has 1 atom stereocenters. The van der Waals surface area contributed by atoms with Crippen LogP contribution in [-0.2, 0) is 4.79 Å². The van der Waals surface area contributed by atoms with Crippen molar-refractivity contribution in [3.63, 3.8) is 0 Å². The molecule has 0 saturated heterocycles. The molecule has 1 aliphatic rings. The normalized spacial score (nSPS) is 18.3. The molecule has 0 bridgehead atoms. The molecular formula is C14H22N2OS2. The van der Waals surface area contributed by atoms with E-state index in [1.807, 2.05) is 31.2 Å². The fourth-order valence-corrected chi connectivity index (χ4v) is 4.61. The largest absolute Gasteiger partial charge is 0.342 e. The van der Waals surface area contributed by atoms with Crippen LogP contribution in [0.25, 0.3) is 0 Å². The summed E-state index contributed by atoms with van der Waals surface area (Å²) in [4.78, 5) is 18.8. The number of rotatable bonds is 4. The van der Waals surface area contributed by atoms with Crippen molar-refractivity contribution in [2.75, 3.05) is 7.05 Å². The van der Waals surface area contributed by atoms with Gasteiger partial charge in [0.05, 0.1) is 5.25 Å². The van der Waals surface area contributed by atoms with E-state index in [1.165, 1.54) is 19.3 Å². The molecule has 3 nitrogen and oxygen atoms in total. The van der Waals surface area contributed by atoms with Gasteiger partial charge >= 0.3 is 0 Å². The highest BCUT2D eigenvalue weighted by molar-refractivity contribution is 8.02. The molecule has 1 amide bonds. The quantitative estimate of drug-likeness (QED) is 0.794. The Hall–Kier alpha value is -0.550. The van der Waals surface area contributed by atoms with Gasteiger partial charge in [-0.2, -0.15) is 0 Å². The van der Waals surface area contributed by atoms with E-state index in [0.717, 1.165) is 22.9 Å². The Morgan fingerprint density at radius 2 is 2.16 bits per heavy atom. The van der Waals surface area contributed by atoms with Crippen molar-refractivity contribution in [3.05, 3.63) is 11.1 Å². The number of carbonyl (C=O) groups excluding carboxylic acids is 1. The Morgan fingerprint density at radius 1 is 1.47 bits per heavy atom. The summed E-state index contributed by atoms with van der Waals surface area (Å²) in [5.41, 5.74) is 1.03. The Balaban J connectivity index is 1.90.